The van der Waals surface area contributed by atoms with Crippen molar-refractivity contribution < 1.29 is 9.47 Å². The molecule has 4 aliphatic rings. The van der Waals surface area contributed by atoms with E-state index in [2.05, 4.69) is 41.2 Å². The summed E-state index contributed by atoms with van der Waals surface area (Å²) in [5.74, 6) is 2.54. The minimum atomic E-state index is 0.288. The topological polar surface area (TPSA) is 30.5 Å². The van der Waals surface area contributed by atoms with Gasteiger partial charge >= 0.3 is 0 Å². The van der Waals surface area contributed by atoms with Crippen LogP contribution in [0, 0.1) is 16.7 Å². The Kier molecular flexibility index (Phi) is 4.16. The van der Waals surface area contributed by atoms with Crippen LogP contribution in [0.3, 0.4) is 0 Å². The molecule has 4 saturated carbocycles. The summed E-state index contributed by atoms with van der Waals surface area (Å²) in [6.07, 6.45) is 8.23. The SMILES string of the molecule is COc1ccc(Br)c(CNC23CC4CC(C)(CC(C)(C4)C2)C3)c1OC. The number of benzene rings is 1. The van der Waals surface area contributed by atoms with Crippen molar-refractivity contribution >= 4 is 15.9 Å². The van der Waals surface area contributed by atoms with Gasteiger partial charge in [0.05, 0.1) is 14.2 Å². The Labute approximate surface area is 160 Å². The van der Waals surface area contributed by atoms with E-state index in [1.165, 1.54) is 38.5 Å². The summed E-state index contributed by atoms with van der Waals surface area (Å²) in [5, 5.41) is 4.00. The van der Waals surface area contributed by atoms with Gasteiger partial charge in [-0.05, 0) is 67.4 Å². The van der Waals surface area contributed by atoms with Gasteiger partial charge in [-0.1, -0.05) is 29.8 Å². The van der Waals surface area contributed by atoms with Crippen molar-refractivity contribution in [2.75, 3.05) is 14.2 Å². The van der Waals surface area contributed by atoms with Crippen molar-refractivity contribution in [3.05, 3.63) is 22.2 Å². The van der Waals surface area contributed by atoms with Gasteiger partial charge in [0.1, 0.15) is 0 Å². The highest BCUT2D eigenvalue weighted by Gasteiger charge is 2.59. The fourth-order valence-corrected chi connectivity index (χ4v) is 7.50. The van der Waals surface area contributed by atoms with E-state index in [0.29, 0.717) is 10.8 Å². The van der Waals surface area contributed by atoms with E-state index in [1.54, 1.807) is 14.2 Å². The summed E-state index contributed by atoms with van der Waals surface area (Å²) >= 11 is 3.71. The van der Waals surface area contributed by atoms with Crippen LogP contribution in [0.15, 0.2) is 16.6 Å². The standard InChI is InChI=1S/C21H30BrNO2/c1-19-7-14-8-20(2,11-19)13-21(9-14,12-19)23-10-15-16(22)5-6-17(24-3)18(15)25-4/h5-6,14,23H,7-13H2,1-4H3. The van der Waals surface area contributed by atoms with Gasteiger partial charge in [-0.2, -0.15) is 0 Å². The Hall–Kier alpha value is -0.740. The van der Waals surface area contributed by atoms with Gasteiger partial charge in [-0.15, -0.1) is 0 Å². The lowest BCUT2D eigenvalue weighted by Crippen LogP contribution is -2.63. The normalized spacial score (nSPS) is 38.8. The number of rotatable bonds is 5. The number of methoxy groups -OCH3 is 2. The molecule has 5 rings (SSSR count). The zero-order valence-corrected chi connectivity index (χ0v) is 17.5. The smallest absolute Gasteiger partial charge is 0.166 e. The molecule has 0 aliphatic heterocycles. The summed E-state index contributed by atoms with van der Waals surface area (Å²) in [6.45, 7) is 5.86. The predicted molar refractivity (Wildman–Crippen MR) is 104 cm³/mol. The zero-order chi connectivity index (χ0) is 17.9. The van der Waals surface area contributed by atoms with Gasteiger partial charge in [-0.25, -0.2) is 0 Å². The first-order valence-corrected chi connectivity index (χ1v) is 10.2. The van der Waals surface area contributed by atoms with Crippen LogP contribution >= 0.6 is 15.9 Å². The van der Waals surface area contributed by atoms with Gasteiger partial charge in [0.25, 0.3) is 0 Å². The lowest BCUT2D eigenvalue weighted by atomic mass is 9.43. The molecule has 3 nitrogen and oxygen atoms in total. The number of halogens is 1. The highest BCUT2D eigenvalue weighted by molar-refractivity contribution is 9.10. The molecule has 25 heavy (non-hydrogen) atoms. The van der Waals surface area contributed by atoms with E-state index in [1.807, 2.05) is 6.07 Å². The number of nitrogens with one attached hydrogen (secondary N) is 1. The molecule has 0 spiro atoms. The van der Waals surface area contributed by atoms with E-state index in [9.17, 15) is 0 Å². The number of hydrogen-bond donors (Lipinski definition) is 1. The molecule has 1 aromatic carbocycles. The molecule has 0 radical (unpaired) electrons. The molecule has 4 fully saturated rings. The van der Waals surface area contributed by atoms with Crippen molar-refractivity contribution in [1.82, 2.24) is 5.32 Å². The molecule has 4 aliphatic carbocycles. The first kappa shape index (κ1) is 17.7. The van der Waals surface area contributed by atoms with Crippen LogP contribution in [-0.4, -0.2) is 19.8 Å². The van der Waals surface area contributed by atoms with E-state index in [0.717, 1.165) is 34.0 Å². The van der Waals surface area contributed by atoms with Crippen LogP contribution in [-0.2, 0) is 6.54 Å². The highest BCUT2D eigenvalue weighted by atomic mass is 79.9. The van der Waals surface area contributed by atoms with Gasteiger partial charge in [0.15, 0.2) is 11.5 Å². The van der Waals surface area contributed by atoms with E-state index >= 15 is 0 Å². The molecule has 2 unspecified atom stereocenters. The molecular weight excluding hydrogens is 378 g/mol. The lowest BCUT2D eigenvalue weighted by molar-refractivity contribution is -0.118. The fraction of sp³-hybridized carbons (Fsp3) is 0.714. The number of ether oxygens (including phenoxy) is 2. The van der Waals surface area contributed by atoms with Crippen molar-refractivity contribution in [3.8, 4) is 11.5 Å². The van der Waals surface area contributed by atoms with Crippen LogP contribution in [0.1, 0.15) is 57.9 Å². The minimum Gasteiger partial charge on any atom is -0.493 e. The minimum absolute atomic E-state index is 0.288. The molecule has 0 aromatic heterocycles. The third kappa shape index (κ3) is 2.99. The van der Waals surface area contributed by atoms with E-state index < -0.39 is 0 Å². The molecular formula is C21H30BrNO2. The summed E-state index contributed by atoms with van der Waals surface area (Å²) < 4.78 is 12.2. The van der Waals surface area contributed by atoms with Crippen LogP contribution in [0.5, 0.6) is 11.5 Å². The maximum Gasteiger partial charge on any atom is 0.166 e. The predicted octanol–water partition coefficient (Wildman–Crippen LogP) is 5.30. The van der Waals surface area contributed by atoms with Crippen LogP contribution in [0.25, 0.3) is 0 Å². The summed E-state index contributed by atoms with van der Waals surface area (Å²) in [6, 6.07) is 4.01. The Morgan fingerprint density at radius 1 is 1.04 bits per heavy atom. The Morgan fingerprint density at radius 2 is 1.72 bits per heavy atom. The average molecular weight is 408 g/mol. The van der Waals surface area contributed by atoms with Crippen LogP contribution < -0.4 is 14.8 Å². The van der Waals surface area contributed by atoms with E-state index in [-0.39, 0.29) is 5.54 Å². The Bertz CT molecular complexity index is 671. The quantitative estimate of drug-likeness (QED) is 0.717. The van der Waals surface area contributed by atoms with Gasteiger partial charge in [0, 0.05) is 22.1 Å². The van der Waals surface area contributed by atoms with Crippen molar-refractivity contribution in [3.63, 3.8) is 0 Å². The largest absolute Gasteiger partial charge is 0.493 e. The molecule has 2 atom stereocenters. The van der Waals surface area contributed by atoms with Crippen molar-refractivity contribution in [2.45, 2.75) is 64.5 Å². The molecule has 4 heteroatoms. The molecule has 4 bridgehead atoms. The third-order valence-electron chi connectivity index (χ3n) is 6.86. The maximum atomic E-state index is 5.66. The average Bonchev–Trinajstić information content (AvgIpc) is 2.49. The Morgan fingerprint density at radius 3 is 2.28 bits per heavy atom. The summed E-state index contributed by atoms with van der Waals surface area (Å²) in [4.78, 5) is 0. The first-order chi connectivity index (χ1) is 11.8. The molecule has 1 N–H and O–H groups in total. The molecule has 1 aromatic rings. The second kappa shape index (κ2) is 5.88. The second-order valence-electron chi connectivity index (χ2n) is 9.53. The van der Waals surface area contributed by atoms with Gasteiger partial charge in [-0.3, -0.25) is 0 Å². The molecule has 0 heterocycles. The van der Waals surface area contributed by atoms with Gasteiger partial charge < -0.3 is 14.8 Å². The van der Waals surface area contributed by atoms with Crippen molar-refractivity contribution in [1.29, 1.82) is 0 Å². The molecule has 0 saturated heterocycles. The lowest BCUT2D eigenvalue weighted by Gasteiger charge is -2.65. The second-order valence-corrected chi connectivity index (χ2v) is 10.4. The third-order valence-corrected chi connectivity index (χ3v) is 7.60. The fourth-order valence-electron chi connectivity index (χ4n) is 7.05. The maximum absolute atomic E-state index is 5.66. The zero-order valence-electron chi connectivity index (χ0n) is 15.9. The van der Waals surface area contributed by atoms with E-state index in [4.69, 9.17) is 9.47 Å². The Balaban J connectivity index is 1.60. The monoisotopic (exact) mass is 407 g/mol. The summed E-state index contributed by atoms with van der Waals surface area (Å²) in [5.41, 5.74) is 2.50. The molecule has 0 amide bonds. The first-order valence-electron chi connectivity index (χ1n) is 9.44. The van der Waals surface area contributed by atoms with Crippen LogP contribution in [0.4, 0.5) is 0 Å². The molecule has 138 valence electrons. The van der Waals surface area contributed by atoms with Gasteiger partial charge in [0.2, 0.25) is 0 Å². The van der Waals surface area contributed by atoms with Crippen LogP contribution in [0.2, 0.25) is 0 Å². The summed E-state index contributed by atoms with van der Waals surface area (Å²) in [7, 11) is 3.42. The number of hydrogen-bond acceptors (Lipinski definition) is 3. The highest BCUT2D eigenvalue weighted by Crippen LogP contribution is 2.66. The van der Waals surface area contributed by atoms with Crippen molar-refractivity contribution in [2.24, 2.45) is 16.7 Å².